The number of benzene rings is 1. The number of nitrogens with zero attached hydrogens (tertiary/aromatic N) is 2. The van der Waals surface area contributed by atoms with E-state index < -0.39 is 17.2 Å². The molecule has 2 aromatic rings. The van der Waals surface area contributed by atoms with Crippen molar-refractivity contribution in [3.63, 3.8) is 0 Å². The van der Waals surface area contributed by atoms with E-state index in [1.54, 1.807) is 31.2 Å². The minimum absolute atomic E-state index is 0.340. The van der Waals surface area contributed by atoms with Crippen LogP contribution in [-0.4, -0.2) is 27.4 Å². The van der Waals surface area contributed by atoms with Crippen molar-refractivity contribution in [1.82, 2.24) is 15.5 Å². The number of hydrogen-bond acceptors (Lipinski definition) is 7. The van der Waals surface area contributed by atoms with Crippen LogP contribution in [0.4, 0.5) is 15.6 Å². The highest BCUT2D eigenvalue weighted by atomic mass is 32.2. The highest BCUT2D eigenvalue weighted by molar-refractivity contribution is 8.02. The minimum Gasteiger partial charge on any atom is -0.374 e. The summed E-state index contributed by atoms with van der Waals surface area (Å²) in [6.45, 7) is 1.67. The van der Waals surface area contributed by atoms with Crippen molar-refractivity contribution >= 4 is 45.9 Å². The molecule has 0 unspecified atom stereocenters. The molecule has 110 valence electrons. The first-order chi connectivity index (χ1) is 10.0. The number of urea groups is 1. The molecule has 1 heterocycles. The molecule has 0 fully saturated rings. The fourth-order valence-electron chi connectivity index (χ4n) is 1.37. The van der Waals surface area contributed by atoms with E-state index in [4.69, 9.17) is 5.73 Å². The maximum atomic E-state index is 11.9. The molecule has 1 aromatic heterocycles. The van der Waals surface area contributed by atoms with E-state index in [1.807, 2.05) is 6.07 Å². The molecule has 0 aliphatic heterocycles. The summed E-state index contributed by atoms with van der Waals surface area (Å²) in [6, 6.07) is 8.29. The van der Waals surface area contributed by atoms with E-state index in [1.165, 1.54) is 23.1 Å². The number of nitrogen functional groups attached to an aromatic ring is 1. The molecule has 0 bridgehead atoms. The SMILES string of the molecule is C[C@@H](Sc1nnc(N)s1)C(=O)NC(=O)Nc1ccccc1. The molecule has 7 nitrogen and oxygen atoms in total. The first-order valence-electron chi connectivity index (χ1n) is 5.97. The number of nitrogens with one attached hydrogen (secondary N) is 2. The Kier molecular flexibility index (Phi) is 5.12. The molecule has 3 amide bonds. The number of rotatable bonds is 4. The van der Waals surface area contributed by atoms with Crippen LogP contribution in [0.1, 0.15) is 6.92 Å². The van der Waals surface area contributed by atoms with Gasteiger partial charge >= 0.3 is 6.03 Å². The smallest absolute Gasteiger partial charge is 0.325 e. The van der Waals surface area contributed by atoms with Crippen molar-refractivity contribution in [3.8, 4) is 0 Å². The van der Waals surface area contributed by atoms with Gasteiger partial charge in [-0.25, -0.2) is 4.79 Å². The van der Waals surface area contributed by atoms with Crippen LogP contribution < -0.4 is 16.4 Å². The Hall–Kier alpha value is -2.13. The van der Waals surface area contributed by atoms with Gasteiger partial charge in [0.15, 0.2) is 4.34 Å². The average Bonchev–Trinajstić information content (AvgIpc) is 2.85. The lowest BCUT2D eigenvalue weighted by molar-refractivity contribution is -0.119. The van der Waals surface area contributed by atoms with Crippen LogP contribution in [0.15, 0.2) is 34.7 Å². The van der Waals surface area contributed by atoms with Crippen molar-refractivity contribution < 1.29 is 9.59 Å². The van der Waals surface area contributed by atoms with E-state index in [0.29, 0.717) is 15.2 Å². The third-order valence-corrected chi connectivity index (χ3v) is 4.27. The highest BCUT2D eigenvalue weighted by Gasteiger charge is 2.19. The zero-order valence-corrected chi connectivity index (χ0v) is 12.7. The molecule has 2 rings (SSSR count). The Bertz CT molecular complexity index is 632. The van der Waals surface area contributed by atoms with E-state index >= 15 is 0 Å². The fourth-order valence-corrected chi connectivity index (χ4v) is 3.15. The van der Waals surface area contributed by atoms with Gasteiger partial charge in [0, 0.05) is 5.69 Å². The summed E-state index contributed by atoms with van der Waals surface area (Å²) in [5, 5.41) is 12.2. The zero-order valence-electron chi connectivity index (χ0n) is 11.1. The number of thioether (sulfide) groups is 1. The maximum absolute atomic E-state index is 11.9. The molecular formula is C12H13N5O2S2. The van der Waals surface area contributed by atoms with E-state index in [2.05, 4.69) is 20.8 Å². The van der Waals surface area contributed by atoms with Gasteiger partial charge in [0.2, 0.25) is 11.0 Å². The zero-order chi connectivity index (χ0) is 15.2. The fraction of sp³-hybridized carbons (Fsp3) is 0.167. The van der Waals surface area contributed by atoms with Gasteiger partial charge in [-0.2, -0.15) is 0 Å². The average molecular weight is 323 g/mol. The second-order valence-electron chi connectivity index (χ2n) is 3.98. The number of nitrogens with two attached hydrogens (primary N) is 1. The normalized spacial score (nSPS) is 11.7. The van der Waals surface area contributed by atoms with Gasteiger partial charge in [0.25, 0.3) is 0 Å². The Morgan fingerprint density at radius 2 is 2.00 bits per heavy atom. The first-order valence-corrected chi connectivity index (χ1v) is 7.67. The van der Waals surface area contributed by atoms with Gasteiger partial charge < -0.3 is 11.1 Å². The van der Waals surface area contributed by atoms with Crippen LogP contribution >= 0.6 is 23.1 Å². The molecule has 4 N–H and O–H groups in total. The molecule has 0 aliphatic carbocycles. The van der Waals surface area contributed by atoms with Crippen LogP contribution in [-0.2, 0) is 4.79 Å². The largest absolute Gasteiger partial charge is 0.374 e. The molecule has 0 aliphatic rings. The molecule has 0 saturated heterocycles. The van der Waals surface area contributed by atoms with Gasteiger partial charge in [-0.1, -0.05) is 41.3 Å². The summed E-state index contributed by atoms with van der Waals surface area (Å²) in [6.07, 6.45) is 0. The lowest BCUT2D eigenvalue weighted by Crippen LogP contribution is -2.38. The van der Waals surface area contributed by atoms with Crippen molar-refractivity contribution in [2.45, 2.75) is 16.5 Å². The lowest BCUT2D eigenvalue weighted by Gasteiger charge is -2.10. The second kappa shape index (κ2) is 7.04. The monoisotopic (exact) mass is 323 g/mol. The van der Waals surface area contributed by atoms with Gasteiger partial charge in [-0.15, -0.1) is 10.2 Å². The topological polar surface area (TPSA) is 110 Å². The molecule has 0 saturated carbocycles. The summed E-state index contributed by atoms with van der Waals surface area (Å²) in [5.74, 6) is -0.415. The van der Waals surface area contributed by atoms with Crippen molar-refractivity contribution in [2.24, 2.45) is 0 Å². The summed E-state index contributed by atoms with van der Waals surface area (Å²) in [4.78, 5) is 23.6. The Balaban J connectivity index is 1.84. The van der Waals surface area contributed by atoms with Crippen LogP contribution in [0, 0.1) is 0 Å². The predicted octanol–water partition coefficient (Wildman–Crippen LogP) is 1.95. The summed E-state index contributed by atoms with van der Waals surface area (Å²) < 4.78 is 0.582. The van der Waals surface area contributed by atoms with Crippen LogP contribution in [0.2, 0.25) is 0 Å². The van der Waals surface area contributed by atoms with Crippen LogP contribution in [0.3, 0.4) is 0 Å². The van der Waals surface area contributed by atoms with Gasteiger partial charge in [-0.3, -0.25) is 10.1 Å². The third kappa shape index (κ3) is 4.72. The third-order valence-electron chi connectivity index (χ3n) is 2.34. The number of carbonyl (C=O) groups excluding carboxylic acids is 2. The number of carbonyl (C=O) groups is 2. The van der Waals surface area contributed by atoms with E-state index in [-0.39, 0.29) is 0 Å². The number of imide groups is 1. The number of anilines is 2. The summed E-state index contributed by atoms with van der Waals surface area (Å²) >= 11 is 2.39. The molecule has 1 atom stereocenters. The predicted molar refractivity (Wildman–Crippen MR) is 83.2 cm³/mol. The molecule has 9 heteroatoms. The second-order valence-corrected chi connectivity index (χ2v) is 6.57. The molecule has 0 spiro atoms. The maximum Gasteiger partial charge on any atom is 0.325 e. The van der Waals surface area contributed by atoms with Crippen molar-refractivity contribution in [1.29, 1.82) is 0 Å². The first kappa shape index (κ1) is 15.3. The van der Waals surface area contributed by atoms with Crippen LogP contribution in [0.5, 0.6) is 0 Å². The number of amides is 3. The Labute approximate surface area is 129 Å². The molecular weight excluding hydrogens is 310 g/mol. The number of aromatic nitrogens is 2. The van der Waals surface area contributed by atoms with E-state index in [0.717, 1.165) is 0 Å². The van der Waals surface area contributed by atoms with Gasteiger partial charge in [0.05, 0.1) is 5.25 Å². The van der Waals surface area contributed by atoms with Crippen molar-refractivity contribution in [2.75, 3.05) is 11.1 Å². The summed E-state index contributed by atoms with van der Waals surface area (Å²) in [5.41, 5.74) is 6.08. The van der Waals surface area contributed by atoms with Gasteiger partial charge in [-0.05, 0) is 19.1 Å². The van der Waals surface area contributed by atoms with Crippen LogP contribution in [0.25, 0.3) is 0 Å². The molecule has 1 aromatic carbocycles. The standard InChI is InChI=1S/C12H13N5O2S2/c1-7(20-12-17-16-10(13)21-12)9(18)15-11(19)14-8-5-3-2-4-6-8/h2-7H,1H3,(H2,13,16)(H2,14,15,18,19)/t7-/m1/s1. The summed E-state index contributed by atoms with van der Waals surface area (Å²) in [7, 11) is 0. The minimum atomic E-state index is -0.574. The number of hydrogen-bond donors (Lipinski definition) is 3. The quantitative estimate of drug-likeness (QED) is 0.742. The van der Waals surface area contributed by atoms with E-state index in [9.17, 15) is 9.59 Å². The number of para-hydroxylation sites is 1. The highest BCUT2D eigenvalue weighted by Crippen LogP contribution is 2.27. The van der Waals surface area contributed by atoms with Gasteiger partial charge in [0.1, 0.15) is 0 Å². The Morgan fingerprint density at radius 1 is 1.29 bits per heavy atom. The molecule has 0 radical (unpaired) electrons. The lowest BCUT2D eigenvalue weighted by atomic mass is 10.3. The molecule has 21 heavy (non-hydrogen) atoms. The van der Waals surface area contributed by atoms with Crippen molar-refractivity contribution in [3.05, 3.63) is 30.3 Å². The Morgan fingerprint density at radius 3 is 2.62 bits per heavy atom.